The summed E-state index contributed by atoms with van der Waals surface area (Å²) in [6.07, 6.45) is 3.00. The van der Waals surface area contributed by atoms with Crippen molar-refractivity contribution in [1.82, 2.24) is 9.80 Å². The zero-order valence-electron chi connectivity index (χ0n) is 8.85. The van der Waals surface area contributed by atoms with Gasteiger partial charge in [0.1, 0.15) is 0 Å². The highest BCUT2D eigenvalue weighted by Gasteiger charge is 2.63. The fourth-order valence-corrected chi connectivity index (χ4v) is 3.96. The van der Waals surface area contributed by atoms with E-state index in [0.717, 1.165) is 12.8 Å². The number of piperazine rings is 1. The summed E-state index contributed by atoms with van der Waals surface area (Å²) in [5.41, 5.74) is 0. The second-order valence-corrected chi connectivity index (χ2v) is 6.23. The second-order valence-electron chi connectivity index (χ2n) is 4.75. The summed E-state index contributed by atoms with van der Waals surface area (Å²) < 4.78 is 0. The average Bonchev–Trinajstić information content (AvgIpc) is 2.81. The predicted molar refractivity (Wildman–Crippen MR) is 65.3 cm³/mol. The highest BCUT2D eigenvalue weighted by atomic mass is 32.1. The van der Waals surface area contributed by atoms with Gasteiger partial charge in [-0.2, -0.15) is 0 Å². The van der Waals surface area contributed by atoms with Crippen LogP contribution in [0.4, 0.5) is 0 Å². The van der Waals surface area contributed by atoms with E-state index in [9.17, 15) is 9.59 Å². The second kappa shape index (κ2) is 3.10. The van der Waals surface area contributed by atoms with Gasteiger partial charge < -0.3 is 9.80 Å². The number of rotatable bonds is 0. The lowest BCUT2D eigenvalue weighted by molar-refractivity contribution is -0.161. The molecule has 3 rings (SSSR count). The minimum absolute atomic E-state index is 0.0413. The lowest BCUT2D eigenvalue weighted by Crippen LogP contribution is -2.69. The number of carbonyl (C=O) groups excluding carboxylic acids is 2. The van der Waals surface area contributed by atoms with E-state index in [1.807, 2.05) is 0 Å². The Morgan fingerprint density at radius 1 is 0.875 bits per heavy atom. The van der Waals surface area contributed by atoms with Gasteiger partial charge in [0.15, 0.2) is 9.74 Å². The van der Waals surface area contributed by atoms with E-state index in [-0.39, 0.29) is 11.8 Å². The first kappa shape index (κ1) is 10.8. The molecule has 0 saturated carbocycles. The van der Waals surface area contributed by atoms with Crippen LogP contribution in [0.1, 0.15) is 25.7 Å². The minimum Gasteiger partial charge on any atom is -0.317 e. The Labute approximate surface area is 105 Å². The van der Waals surface area contributed by atoms with Crippen LogP contribution in [-0.2, 0) is 9.59 Å². The fraction of sp³-hybridized carbons (Fsp3) is 0.800. The molecule has 0 bridgehead atoms. The molecule has 0 spiro atoms. The highest BCUT2D eigenvalue weighted by molar-refractivity contribution is 7.83. The molecule has 3 fully saturated rings. The van der Waals surface area contributed by atoms with E-state index in [1.165, 1.54) is 0 Å². The molecule has 0 aromatic heterocycles. The van der Waals surface area contributed by atoms with Crippen LogP contribution in [0.3, 0.4) is 0 Å². The Balaban J connectivity index is 2.09. The third-order valence-corrected chi connectivity index (χ3v) is 5.20. The Hall–Kier alpha value is -0.360. The fourth-order valence-electron chi connectivity index (χ4n) is 3.02. The van der Waals surface area contributed by atoms with Gasteiger partial charge in [-0.15, -0.1) is 25.3 Å². The van der Waals surface area contributed by atoms with Gasteiger partial charge in [0.05, 0.1) is 0 Å². The molecule has 3 heterocycles. The monoisotopic (exact) mass is 258 g/mol. The van der Waals surface area contributed by atoms with Crippen molar-refractivity contribution >= 4 is 37.1 Å². The number of thiol groups is 2. The summed E-state index contributed by atoms with van der Waals surface area (Å²) in [6, 6.07) is 0. The summed E-state index contributed by atoms with van der Waals surface area (Å²) in [7, 11) is 0. The molecule has 16 heavy (non-hydrogen) atoms. The number of hydrogen-bond donors (Lipinski definition) is 2. The van der Waals surface area contributed by atoms with Crippen molar-refractivity contribution in [3.05, 3.63) is 0 Å². The topological polar surface area (TPSA) is 40.6 Å². The third kappa shape index (κ3) is 1.05. The molecule has 88 valence electrons. The van der Waals surface area contributed by atoms with Crippen molar-refractivity contribution in [2.45, 2.75) is 35.4 Å². The molecule has 3 aliphatic heterocycles. The van der Waals surface area contributed by atoms with Gasteiger partial charge in [-0.05, 0) is 25.7 Å². The zero-order chi connectivity index (χ0) is 11.6. The van der Waals surface area contributed by atoms with Gasteiger partial charge in [0, 0.05) is 13.1 Å². The minimum atomic E-state index is -0.895. The van der Waals surface area contributed by atoms with Gasteiger partial charge in [-0.3, -0.25) is 9.59 Å². The van der Waals surface area contributed by atoms with Crippen LogP contribution >= 0.6 is 25.3 Å². The van der Waals surface area contributed by atoms with Crippen LogP contribution < -0.4 is 0 Å². The van der Waals surface area contributed by atoms with Crippen LogP contribution in [0.15, 0.2) is 0 Å². The molecule has 0 aliphatic carbocycles. The lowest BCUT2D eigenvalue weighted by atomic mass is 10.1. The normalized spacial score (nSPS) is 42.6. The van der Waals surface area contributed by atoms with Crippen LogP contribution in [0.2, 0.25) is 0 Å². The summed E-state index contributed by atoms with van der Waals surface area (Å²) in [6.45, 7) is 1.26. The van der Waals surface area contributed by atoms with E-state index in [4.69, 9.17) is 0 Å². The van der Waals surface area contributed by atoms with E-state index in [1.54, 1.807) is 9.80 Å². The van der Waals surface area contributed by atoms with Crippen LogP contribution in [0.5, 0.6) is 0 Å². The van der Waals surface area contributed by atoms with Gasteiger partial charge >= 0.3 is 0 Å². The van der Waals surface area contributed by atoms with E-state index < -0.39 is 9.74 Å². The Kier molecular flexibility index (Phi) is 2.09. The maximum Gasteiger partial charge on any atom is 0.260 e. The Morgan fingerprint density at radius 3 is 1.62 bits per heavy atom. The van der Waals surface area contributed by atoms with Crippen LogP contribution in [-0.4, -0.2) is 44.4 Å². The maximum atomic E-state index is 12.4. The molecule has 4 nitrogen and oxygen atoms in total. The molecular weight excluding hydrogens is 244 g/mol. The van der Waals surface area contributed by atoms with Crippen molar-refractivity contribution in [1.29, 1.82) is 0 Å². The van der Waals surface area contributed by atoms with Crippen molar-refractivity contribution in [2.75, 3.05) is 13.1 Å². The van der Waals surface area contributed by atoms with E-state index in [2.05, 4.69) is 25.3 Å². The van der Waals surface area contributed by atoms with Crippen LogP contribution in [0, 0.1) is 0 Å². The van der Waals surface area contributed by atoms with Gasteiger partial charge in [0.25, 0.3) is 11.8 Å². The lowest BCUT2D eigenvalue weighted by Gasteiger charge is -2.48. The predicted octanol–water partition coefficient (Wildman–Crippen LogP) is 0.497. The van der Waals surface area contributed by atoms with Gasteiger partial charge in [-0.25, -0.2) is 0 Å². The number of amides is 2. The highest BCUT2D eigenvalue weighted by Crippen LogP contribution is 2.47. The van der Waals surface area contributed by atoms with E-state index in [0.29, 0.717) is 25.9 Å². The first-order chi connectivity index (χ1) is 7.50. The number of nitrogens with zero attached hydrogens (tertiary/aromatic N) is 2. The van der Waals surface area contributed by atoms with Crippen molar-refractivity contribution < 1.29 is 9.59 Å². The first-order valence-corrected chi connectivity index (χ1v) is 6.48. The summed E-state index contributed by atoms with van der Waals surface area (Å²) in [5.74, 6) is -0.0825. The number of hydrogen-bond acceptors (Lipinski definition) is 4. The maximum absolute atomic E-state index is 12.4. The number of fused-ring (bicyclic) bond motifs is 2. The molecule has 0 radical (unpaired) electrons. The largest absolute Gasteiger partial charge is 0.317 e. The zero-order valence-corrected chi connectivity index (χ0v) is 10.6. The summed E-state index contributed by atoms with van der Waals surface area (Å²) >= 11 is 8.92. The molecule has 6 heteroatoms. The molecule has 3 saturated heterocycles. The van der Waals surface area contributed by atoms with Crippen molar-refractivity contribution in [3.8, 4) is 0 Å². The molecule has 0 aromatic carbocycles. The van der Waals surface area contributed by atoms with Crippen LogP contribution in [0.25, 0.3) is 0 Å². The Bertz CT molecular complexity index is 353. The molecule has 0 N–H and O–H groups in total. The van der Waals surface area contributed by atoms with Crippen molar-refractivity contribution in [2.24, 2.45) is 0 Å². The molecule has 2 amide bonds. The quantitative estimate of drug-likeness (QED) is 0.621. The SMILES string of the molecule is O=C1N2CCC[C@]2(S)C(=O)N2CCC[C@]12S. The van der Waals surface area contributed by atoms with Crippen molar-refractivity contribution in [3.63, 3.8) is 0 Å². The molecule has 0 aromatic rings. The smallest absolute Gasteiger partial charge is 0.260 e. The molecule has 3 aliphatic rings. The average molecular weight is 258 g/mol. The Morgan fingerprint density at radius 2 is 1.25 bits per heavy atom. The summed E-state index contributed by atoms with van der Waals surface area (Å²) in [5, 5.41) is 0. The molecule has 2 atom stereocenters. The van der Waals surface area contributed by atoms with Gasteiger partial charge in [0.2, 0.25) is 0 Å². The number of carbonyl (C=O) groups is 2. The van der Waals surface area contributed by atoms with E-state index >= 15 is 0 Å². The third-order valence-electron chi connectivity index (χ3n) is 3.88. The van der Waals surface area contributed by atoms with Gasteiger partial charge in [-0.1, -0.05) is 0 Å². The molecule has 0 unspecified atom stereocenters. The first-order valence-electron chi connectivity index (χ1n) is 5.59. The summed E-state index contributed by atoms with van der Waals surface area (Å²) in [4.78, 5) is 26.2. The standard InChI is InChI=1S/C10H14N2O2S2/c13-7-9(15)3-1-5-11(9)8(14)10(16)4-2-6-12(7)10/h15-16H,1-6H2/t9-,10-/m0/s1. The molecular formula is C10H14N2O2S2.